The van der Waals surface area contributed by atoms with Gasteiger partial charge in [-0.15, -0.1) is 13.2 Å². The third-order valence-corrected chi connectivity index (χ3v) is 8.09. The van der Waals surface area contributed by atoms with Crippen LogP contribution < -0.4 is 8.92 Å². The van der Waals surface area contributed by atoms with Crippen molar-refractivity contribution in [1.29, 1.82) is 0 Å². The van der Waals surface area contributed by atoms with Crippen molar-refractivity contribution in [1.82, 2.24) is 5.16 Å². The minimum Gasteiger partial charge on any atom is -0.405 e. The van der Waals surface area contributed by atoms with E-state index in [-0.39, 0.29) is 41.6 Å². The van der Waals surface area contributed by atoms with Gasteiger partial charge in [0.25, 0.3) is 0 Å². The molecule has 2 fully saturated rings. The van der Waals surface area contributed by atoms with Gasteiger partial charge in [0.05, 0.1) is 12.7 Å². The van der Waals surface area contributed by atoms with Crippen LogP contribution in [0, 0.1) is 0 Å². The van der Waals surface area contributed by atoms with Crippen molar-refractivity contribution >= 4 is 10.1 Å². The van der Waals surface area contributed by atoms with Gasteiger partial charge in [-0.25, -0.2) is 0 Å². The van der Waals surface area contributed by atoms with Crippen molar-refractivity contribution < 1.29 is 52.9 Å². The van der Waals surface area contributed by atoms with Crippen LogP contribution in [0.4, 0.5) is 26.3 Å². The molecule has 2 aromatic carbocycles. The summed E-state index contributed by atoms with van der Waals surface area (Å²) in [6.07, 6.45) is -0.486. The second-order valence-electron chi connectivity index (χ2n) is 10.0. The molecule has 0 aliphatic heterocycles. The van der Waals surface area contributed by atoms with E-state index in [1.807, 2.05) is 0 Å². The highest BCUT2D eigenvalue weighted by Gasteiger charge is 2.48. The van der Waals surface area contributed by atoms with E-state index in [1.165, 1.54) is 30.3 Å². The normalized spacial score (nSPS) is 20.1. The van der Waals surface area contributed by atoms with Gasteiger partial charge in [0.2, 0.25) is 0 Å². The number of benzene rings is 2. The summed E-state index contributed by atoms with van der Waals surface area (Å²) in [4.78, 5) is 0. The third-order valence-electron chi connectivity index (χ3n) is 7.11. The van der Waals surface area contributed by atoms with Crippen LogP contribution in [-0.2, 0) is 21.5 Å². The molecule has 2 aliphatic rings. The average molecular weight is 606 g/mol. The van der Waals surface area contributed by atoms with Crippen molar-refractivity contribution in [2.75, 3.05) is 0 Å². The Labute approximate surface area is 231 Å². The number of nitrogens with zero attached hydrogens (tertiary/aromatic N) is 1. The molecule has 2 aliphatic carbocycles. The number of hydrogen-bond acceptors (Lipinski definition) is 7. The first kappa shape index (κ1) is 29.2. The number of ether oxygens (including phenoxy) is 2. The Morgan fingerprint density at radius 1 is 0.854 bits per heavy atom. The molecule has 7 nitrogen and oxygen atoms in total. The maximum atomic E-state index is 13.0. The predicted molar refractivity (Wildman–Crippen MR) is 132 cm³/mol. The molecule has 0 saturated heterocycles. The molecule has 0 radical (unpaired) electrons. The van der Waals surface area contributed by atoms with E-state index in [1.54, 1.807) is 18.2 Å². The Bertz CT molecular complexity index is 1460. The van der Waals surface area contributed by atoms with Gasteiger partial charge in [0.15, 0.2) is 0 Å². The summed E-state index contributed by atoms with van der Waals surface area (Å²) in [6.45, 7) is 0.0973. The maximum Gasteiger partial charge on any atom is 0.573 e. The molecule has 0 amide bonds. The molecule has 0 N–H and O–H groups in total. The summed E-state index contributed by atoms with van der Waals surface area (Å²) in [6, 6.07) is 11.2. The number of halogens is 6. The van der Waals surface area contributed by atoms with E-state index < -0.39 is 27.7 Å². The Hall–Kier alpha value is -3.26. The first-order chi connectivity index (χ1) is 19.3. The number of para-hydroxylation sites is 1. The fourth-order valence-electron chi connectivity index (χ4n) is 4.95. The maximum absolute atomic E-state index is 13.0. The average Bonchev–Trinajstić information content (AvgIpc) is 3.66. The number of alkyl halides is 6. The minimum atomic E-state index is -5.74. The van der Waals surface area contributed by atoms with Crippen molar-refractivity contribution in [2.24, 2.45) is 0 Å². The van der Waals surface area contributed by atoms with E-state index in [4.69, 9.17) is 9.26 Å². The van der Waals surface area contributed by atoms with Crippen LogP contribution in [0.1, 0.15) is 67.2 Å². The van der Waals surface area contributed by atoms with Crippen molar-refractivity contribution in [3.8, 4) is 22.8 Å². The Morgan fingerprint density at radius 2 is 1.49 bits per heavy atom. The summed E-state index contributed by atoms with van der Waals surface area (Å²) in [7, 11) is -5.74. The molecular weight excluding hydrogens is 580 g/mol. The smallest absolute Gasteiger partial charge is 0.405 e. The standard InChI is InChI=1S/C27H25F6NO6S/c28-26(29,30)38-23-4-2-1-3-21(23)24-22(25(39-34-24)18-5-6-18)15-37-19-11-7-16(8-12-19)17-9-13-20(14-10-17)40-41(35,36)27(31,32)33/h1-4,9-10,13-14,16,18-19H,5-8,11-12,15H2. The quantitative estimate of drug-likeness (QED) is 0.141. The summed E-state index contributed by atoms with van der Waals surface area (Å²) < 4.78 is 119. The van der Waals surface area contributed by atoms with Gasteiger partial charge >= 0.3 is 22.0 Å². The lowest BCUT2D eigenvalue weighted by atomic mass is 9.83. The first-order valence-electron chi connectivity index (χ1n) is 12.9. The van der Waals surface area contributed by atoms with Crippen LogP contribution in [0.25, 0.3) is 11.3 Å². The summed E-state index contributed by atoms with van der Waals surface area (Å²) in [5.74, 6) is 0.0125. The van der Waals surface area contributed by atoms with Gasteiger partial charge in [-0.05, 0) is 74.3 Å². The molecule has 2 saturated carbocycles. The van der Waals surface area contributed by atoms with Crippen LogP contribution in [-0.4, -0.2) is 31.5 Å². The van der Waals surface area contributed by atoms with E-state index in [0.717, 1.165) is 18.4 Å². The lowest BCUT2D eigenvalue weighted by Crippen LogP contribution is -2.28. The fourth-order valence-corrected chi connectivity index (χ4v) is 5.41. The molecule has 1 aromatic heterocycles. The number of rotatable bonds is 9. The molecule has 41 heavy (non-hydrogen) atoms. The first-order valence-corrected chi connectivity index (χ1v) is 14.3. The van der Waals surface area contributed by atoms with Crippen LogP contribution in [0.2, 0.25) is 0 Å². The van der Waals surface area contributed by atoms with Gasteiger partial charge in [-0.3, -0.25) is 0 Å². The molecule has 0 bridgehead atoms. The van der Waals surface area contributed by atoms with E-state index in [0.29, 0.717) is 37.0 Å². The zero-order chi connectivity index (χ0) is 29.4. The van der Waals surface area contributed by atoms with Gasteiger partial charge in [-0.1, -0.05) is 29.4 Å². The molecule has 14 heteroatoms. The largest absolute Gasteiger partial charge is 0.573 e. The molecule has 5 rings (SSSR count). The molecule has 0 unspecified atom stereocenters. The van der Waals surface area contributed by atoms with E-state index in [2.05, 4.69) is 14.1 Å². The molecule has 0 spiro atoms. The Balaban J connectivity index is 1.22. The van der Waals surface area contributed by atoms with Gasteiger partial charge in [-0.2, -0.15) is 21.6 Å². The van der Waals surface area contributed by atoms with Crippen molar-refractivity contribution in [3.05, 3.63) is 65.4 Å². The van der Waals surface area contributed by atoms with Crippen LogP contribution in [0.3, 0.4) is 0 Å². The second kappa shape index (κ2) is 11.2. The van der Waals surface area contributed by atoms with E-state index in [9.17, 15) is 34.8 Å². The molecule has 222 valence electrons. The van der Waals surface area contributed by atoms with Crippen LogP contribution in [0.15, 0.2) is 53.1 Å². The summed E-state index contributed by atoms with van der Waals surface area (Å²) in [5, 5.41) is 4.08. The highest BCUT2D eigenvalue weighted by molar-refractivity contribution is 7.88. The highest BCUT2D eigenvalue weighted by atomic mass is 32.2. The minimum absolute atomic E-state index is 0.0858. The highest BCUT2D eigenvalue weighted by Crippen LogP contribution is 2.46. The topological polar surface area (TPSA) is 87.9 Å². The Morgan fingerprint density at radius 3 is 2.10 bits per heavy atom. The second-order valence-corrected chi connectivity index (χ2v) is 11.6. The van der Waals surface area contributed by atoms with E-state index >= 15 is 0 Å². The van der Waals surface area contributed by atoms with Gasteiger partial charge in [0, 0.05) is 17.0 Å². The van der Waals surface area contributed by atoms with Gasteiger partial charge in [0.1, 0.15) is 23.0 Å². The predicted octanol–water partition coefficient (Wildman–Crippen LogP) is 7.59. The fraction of sp³-hybridized carbons (Fsp3) is 0.444. The molecule has 0 atom stereocenters. The van der Waals surface area contributed by atoms with Crippen molar-refractivity contribution in [3.63, 3.8) is 0 Å². The Kier molecular flexibility index (Phi) is 7.99. The SMILES string of the molecule is O=S(=O)(Oc1ccc(C2CCC(OCc3c(-c4ccccc4OC(F)(F)F)noc3C3CC3)CC2)cc1)C(F)(F)F. The number of hydrogen-bond donors (Lipinski definition) is 0. The zero-order valence-corrected chi connectivity index (χ0v) is 22.2. The van der Waals surface area contributed by atoms with Crippen LogP contribution in [0.5, 0.6) is 11.5 Å². The number of aromatic nitrogens is 1. The van der Waals surface area contributed by atoms with Gasteiger partial charge < -0.3 is 18.2 Å². The summed E-state index contributed by atoms with van der Waals surface area (Å²) in [5.41, 5.74) is -3.69. The molecule has 3 aromatic rings. The lowest BCUT2D eigenvalue weighted by molar-refractivity contribution is -0.274. The molecule has 1 heterocycles. The third kappa shape index (κ3) is 6.97. The zero-order valence-electron chi connectivity index (χ0n) is 21.4. The summed E-state index contributed by atoms with van der Waals surface area (Å²) >= 11 is 0. The monoisotopic (exact) mass is 605 g/mol. The lowest BCUT2D eigenvalue weighted by Gasteiger charge is -2.29. The molecular formula is C27H25F6NO6S. The van der Waals surface area contributed by atoms with Crippen molar-refractivity contribution in [2.45, 2.75) is 74.9 Å². The van der Waals surface area contributed by atoms with Crippen LogP contribution >= 0.6 is 0 Å².